The lowest BCUT2D eigenvalue weighted by Crippen LogP contribution is -2.30. The summed E-state index contributed by atoms with van der Waals surface area (Å²) < 4.78 is 10.8. The number of benzene rings is 1. The quantitative estimate of drug-likeness (QED) is 0.714. The van der Waals surface area contributed by atoms with Crippen molar-refractivity contribution in [3.8, 4) is 5.75 Å². The predicted molar refractivity (Wildman–Crippen MR) is 84.4 cm³/mol. The molecule has 0 heterocycles. The van der Waals surface area contributed by atoms with Gasteiger partial charge in [0.1, 0.15) is 5.75 Å². The molecule has 1 aromatic rings. The molecule has 1 aromatic carbocycles. The Bertz CT molecular complexity index is 349. The van der Waals surface area contributed by atoms with Crippen LogP contribution in [0.1, 0.15) is 26.3 Å². The lowest BCUT2D eigenvalue weighted by molar-refractivity contribution is 0.109. The number of ether oxygens (including phenoxy) is 2. The Balaban J connectivity index is 2.48. The van der Waals surface area contributed by atoms with Gasteiger partial charge in [0.15, 0.2) is 0 Å². The summed E-state index contributed by atoms with van der Waals surface area (Å²) in [5.74, 6) is 2.11. The van der Waals surface area contributed by atoms with E-state index in [1.165, 1.54) is 5.56 Å². The average molecular weight is 279 g/mol. The second kappa shape index (κ2) is 9.78. The molecule has 0 aromatic heterocycles. The van der Waals surface area contributed by atoms with E-state index in [0.29, 0.717) is 11.8 Å². The van der Waals surface area contributed by atoms with E-state index >= 15 is 0 Å². The van der Waals surface area contributed by atoms with Crippen LogP contribution in [0.2, 0.25) is 0 Å². The van der Waals surface area contributed by atoms with Crippen molar-refractivity contribution in [3.05, 3.63) is 29.8 Å². The van der Waals surface area contributed by atoms with Gasteiger partial charge in [-0.25, -0.2) is 0 Å². The van der Waals surface area contributed by atoms with Crippen LogP contribution in [-0.2, 0) is 11.2 Å². The fourth-order valence-electron chi connectivity index (χ4n) is 2.15. The van der Waals surface area contributed by atoms with Gasteiger partial charge in [0, 0.05) is 13.2 Å². The molecule has 0 saturated heterocycles. The Hall–Kier alpha value is -1.06. The fourth-order valence-corrected chi connectivity index (χ4v) is 2.15. The minimum atomic E-state index is 0.516. The van der Waals surface area contributed by atoms with Gasteiger partial charge in [-0.1, -0.05) is 26.0 Å². The number of methoxy groups -OCH3 is 1. The molecule has 0 saturated carbocycles. The zero-order valence-corrected chi connectivity index (χ0v) is 13.3. The van der Waals surface area contributed by atoms with Crippen LogP contribution in [0, 0.1) is 11.8 Å². The maximum absolute atomic E-state index is 5.61. The normalized spacial score (nSPS) is 12.7. The molecule has 0 spiro atoms. The van der Waals surface area contributed by atoms with Crippen LogP contribution in [-0.4, -0.2) is 33.4 Å². The standard InChI is InChI=1S/C17H29NO2/c1-5-20-13-16(12-18-11-14(2)3)10-15-6-8-17(19-4)9-7-15/h6-9,14,16,18H,5,10-13H2,1-4H3. The van der Waals surface area contributed by atoms with Crippen molar-refractivity contribution in [1.82, 2.24) is 5.32 Å². The van der Waals surface area contributed by atoms with Crippen molar-refractivity contribution >= 4 is 0 Å². The fraction of sp³-hybridized carbons (Fsp3) is 0.647. The first-order valence-electron chi connectivity index (χ1n) is 7.57. The van der Waals surface area contributed by atoms with Crippen LogP contribution in [0.3, 0.4) is 0 Å². The number of hydrogen-bond donors (Lipinski definition) is 1. The van der Waals surface area contributed by atoms with Crippen molar-refractivity contribution in [2.75, 3.05) is 33.4 Å². The smallest absolute Gasteiger partial charge is 0.118 e. The topological polar surface area (TPSA) is 30.5 Å². The van der Waals surface area contributed by atoms with E-state index in [1.807, 2.05) is 19.1 Å². The predicted octanol–water partition coefficient (Wildman–Crippen LogP) is 3.14. The first-order chi connectivity index (χ1) is 9.65. The third kappa shape index (κ3) is 6.92. The van der Waals surface area contributed by atoms with E-state index in [0.717, 1.165) is 38.5 Å². The minimum Gasteiger partial charge on any atom is -0.497 e. The SMILES string of the molecule is CCOCC(CNCC(C)C)Cc1ccc(OC)cc1. The van der Waals surface area contributed by atoms with Gasteiger partial charge >= 0.3 is 0 Å². The van der Waals surface area contributed by atoms with Gasteiger partial charge in [-0.05, 0) is 49.4 Å². The summed E-state index contributed by atoms with van der Waals surface area (Å²) in [7, 11) is 1.70. The lowest BCUT2D eigenvalue weighted by Gasteiger charge is -2.18. The summed E-state index contributed by atoms with van der Waals surface area (Å²) in [6.07, 6.45) is 1.04. The first kappa shape index (κ1) is 17.0. The molecule has 0 bridgehead atoms. The van der Waals surface area contributed by atoms with E-state index in [9.17, 15) is 0 Å². The molecule has 1 rings (SSSR count). The molecule has 0 radical (unpaired) electrons. The van der Waals surface area contributed by atoms with E-state index in [2.05, 4.69) is 31.3 Å². The first-order valence-corrected chi connectivity index (χ1v) is 7.57. The Morgan fingerprint density at radius 2 is 1.80 bits per heavy atom. The summed E-state index contributed by atoms with van der Waals surface area (Å²) in [6, 6.07) is 8.32. The molecule has 0 aliphatic heterocycles. The molecule has 114 valence electrons. The molecular formula is C17H29NO2. The maximum atomic E-state index is 5.61. The van der Waals surface area contributed by atoms with Crippen LogP contribution >= 0.6 is 0 Å². The number of hydrogen-bond acceptors (Lipinski definition) is 3. The molecule has 1 unspecified atom stereocenters. The van der Waals surface area contributed by atoms with E-state index in [1.54, 1.807) is 7.11 Å². The second-order valence-corrected chi connectivity index (χ2v) is 5.63. The molecule has 0 amide bonds. The Morgan fingerprint density at radius 1 is 1.10 bits per heavy atom. The van der Waals surface area contributed by atoms with Crippen molar-refractivity contribution in [2.24, 2.45) is 11.8 Å². The summed E-state index contributed by atoms with van der Waals surface area (Å²) in [6.45, 7) is 10.2. The molecule has 1 N–H and O–H groups in total. The van der Waals surface area contributed by atoms with Gasteiger partial charge in [0.05, 0.1) is 13.7 Å². The van der Waals surface area contributed by atoms with Crippen LogP contribution in [0.15, 0.2) is 24.3 Å². The highest BCUT2D eigenvalue weighted by Gasteiger charge is 2.10. The van der Waals surface area contributed by atoms with E-state index in [-0.39, 0.29) is 0 Å². The van der Waals surface area contributed by atoms with Crippen molar-refractivity contribution < 1.29 is 9.47 Å². The Labute approximate surface area is 123 Å². The van der Waals surface area contributed by atoms with Gasteiger partial charge in [-0.2, -0.15) is 0 Å². The second-order valence-electron chi connectivity index (χ2n) is 5.63. The lowest BCUT2D eigenvalue weighted by atomic mass is 9.99. The van der Waals surface area contributed by atoms with Crippen LogP contribution < -0.4 is 10.1 Å². The van der Waals surface area contributed by atoms with Crippen LogP contribution in [0.4, 0.5) is 0 Å². The molecular weight excluding hydrogens is 250 g/mol. The highest BCUT2D eigenvalue weighted by molar-refractivity contribution is 5.27. The summed E-state index contributed by atoms with van der Waals surface area (Å²) in [5, 5.41) is 3.53. The monoisotopic (exact) mass is 279 g/mol. The molecule has 0 aliphatic carbocycles. The van der Waals surface area contributed by atoms with Gasteiger partial charge in [-0.15, -0.1) is 0 Å². The van der Waals surface area contributed by atoms with Crippen LogP contribution in [0.25, 0.3) is 0 Å². The summed E-state index contributed by atoms with van der Waals surface area (Å²) in [4.78, 5) is 0. The van der Waals surface area contributed by atoms with Gasteiger partial charge < -0.3 is 14.8 Å². The number of rotatable bonds is 10. The minimum absolute atomic E-state index is 0.516. The third-order valence-electron chi connectivity index (χ3n) is 3.23. The van der Waals surface area contributed by atoms with Gasteiger partial charge in [-0.3, -0.25) is 0 Å². The summed E-state index contributed by atoms with van der Waals surface area (Å²) >= 11 is 0. The maximum Gasteiger partial charge on any atom is 0.118 e. The zero-order chi connectivity index (χ0) is 14.8. The molecule has 20 heavy (non-hydrogen) atoms. The largest absolute Gasteiger partial charge is 0.497 e. The average Bonchev–Trinajstić information content (AvgIpc) is 2.45. The molecule has 0 fully saturated rings. The van der Waals surface area contributed by atoms with E-state index in [4.69, 9.17) is 9.47 Å². The highest BCUT2D eigenvalue weighted by Crippen LogP contribution is 2.15. The zero-order valence-electron chi connectivity index (χ0n) is 13.3. The van der Waals surface area contributed by atoms with Crippen molar-refractivity contribution in [1.29, 1.82) is 0 Å². The number of nitrogens with one attached hydrogen (secondary N) is 1. The highest BCUT2D eigenvalue weighted by atomic mass is 16.5. The Kier molecular flexibility index (Phi) is 8.31. The van der Waals surface area contributed by atoms with Crippen LogP contribution in [0.5, 0.6) is 5.75 Å². The van der Waals surface area contributed by atoms with Crippen molar-refractivity contribution in [3.63, 3.8) is 0 Å². The van der Waals surface area contributed by atoms with Gasteiger partial charge in [0.25, 0.3) is 0 Å². The summed E-state index contributed by atoms with van der Waals surface area (Å²) in [5.41, 5.74) is 1.34. The Morgan fingerprint density at radius 3 is 2.35 bits per heavy atom. The molecule has 1 atom stereocenters. The van der Waals surface area contributed by atoms with Gasteiger partial charge in [0.2, 0.25) is 0 Å². The molecule has 3 heteroatoms. The molecule has 0 aliphatic rings. The third-order valence-corrected chi connectivity index (χ3v) is 3.23. The van der Waals surface area contributed by atoms with E-state index < -0.39 is 0 Å². The van der Waals surface area contributed by atoms with Crippen molar-refractivity contribution in [2.45, 2.75) is 27.2 Å². The molecule has 3 nitrogen and oxygen atoms in total.